The van der Waals surface area contributed by atoms with Gasteiger partial charge in [-0.05, 0) is 42.8 Å². The monoisotopic (exact) mass is 431 g/mol. The Morgan fingerprint density at radius 2 is 2.03 bits per heavy atom. The number of ether oxygens (including phenoxy) is 1. The van der Waals surface area contributed by atoms with Gasteiger partial charge in [0, 0.05) is 18.4 Å². The van der Waals surface area contributed by atoms with Crippen LogP contribution in [-0.4, -0.2) is 43.8 Å². The molecule has 3 aromatic rings. The second-order valence-electron chi connectivity index (χ2n) is 6.81. The average molecular weight is 431 g/mol. The van der Waals surface area contributed by atoms with Gasteiger partial charge in [0.25, 0.3) is 0 Å². The number of aromatic nitrogens is 2. The lowest BCUT2D eigenvalue weighted by Crippen LogP contribution is -2.05. The molecular formula is C21H22FN3O4S. The van der Waals surface area contributed by atoms with Crippen molar-refractivity contribution in [3.8, 4) is 11.1 Å². The zero-order valence-corrected chi connectivity index (χ0v) is 17.7. The fourth-order valence-corrected chi connectivity index (χ4v) is 3.90. The zero-order valence-electron chi connectivity index (χ0n) is 16.8. The molecule has 0 spiro atoms. The van der Waals surface area contributed by atoms with E-state index in [1.54, 1.807) is 35.8 Å². The van der Waals surface area contributed by atoms with Crippen LogP contribution in [0.5, 0.6) is 0 Å². The van der Waals surface area contributed by atoms with E-state index in [2.05, 4.69) is 4.98 Å². The molecule has 1 aromatic heterocycles. The second kappa shape index (κ2) is 8.37. The summed E-state index contributed by atoms with van der Waals surface area (Å²) in [6.45, 7) is 1.70. The third-order valence-corrected chi connectivity index (χ3v) is 5.80. The standard InChI is InChI=1S/C21H22FN3O4S/c1-13-24-20-18(14-5-4-6-17(9-14)30(3,27)28)10-15(21(26)29-2)11-19(20)25(13)12-16(22)7-8-23/h4-7,9-11H,8,12,23H2,1-3H3/b16-7-. The Kier molecular flexibility index (Phi) is 6.04. The first-order chi connectivity index (χ1) is 14.2. The number of nitrogens with two attached hydrogens (primary N) is 1. The number of halogens is 1. The summed E-state index contributed by atoms with van der Waals surface area (Å²) in [7, 11) is -2.16. The lowest BCUT2D eigenvalue weighted by Gasteiger charge is -2.10. The molecule has 0 bridgehead atoms. The maximum Gasteiger partial charge on any atom is 0.337 e. The van der Waals surface area contributed by atoms with E-state index >= 15 is 0 Å². The number of methoxy groups -OCH3 is 1. The Bertz CT molecular complexity index is 1260. The van der Waals surface area contributed by atoms with Crippen LogP contribution in [-0.2, 0) is 21.1 Å². The Morgan fingerprint density at radius 1 is 1.30 bits per heavy atom. The summed E-state index contributed by atoms with van der Waals surface area (Å²) in [6, 6.07) is 9.55. The average Bonchev–Trinajstić information content (AvgIpc) is 3.01. The third kappa shape index (κ3) is 4.27. The van der Waals surface area contributed by atoms with Crippen LogP contribution in [0.25, 0.3) is 22.2 Å². The number of hydrogen-bond acceptors (Lipinski definition) is 6. The summed E-state index contributed by atoms with van der Waals surface area (Å²) in [6.07, 6.45) is 2.39. The van der Waals surface area contributed by atoms with E-state index in [1.165, 1.54) is 25.3 Å². The first-order valence-electron chi connectivity index (χ1n) is 9.10. The van der Waals surface area contributed by atoms with E-state index in [1.807, 2.05) is 0 Å². The first-order valence-corrected chi connectivity index (χ1v) is 11.0. The van der Waals surface area contributed by atoms with Gasteiger partial charge in [-0.2, -0.15) is 0 Å². The van der Waals surface area contributed by atoms with Crippen molar-refractivity contribution >= 4 is 26.8 Å². The number of sulfone groups is 1. The summed E-state index contributed by atoms with van der Waals surface area (Å²) in [5, 5.41) is 0. The van der Waals surface area contributed by atoms with Gasteiger partial charge in [-0.15, -0.1) is 0 Å². The number of nitrogens with zero attached hydrogens (tertiary/aromatic N) is 2. The Hall–Kier alpha value is -3.04. The predicted molar refractivity (Wildman–Crippen MR) is 113 cm³/mol. The minimum Gasteiger partial charge on any atom is -0.465 e. The van der Waals surface area contributed by atoms with Crippen molar-refractivity contribution in [3.63, 3.8) is 0 Å². The van der Waals surface area contributed by atoms with Crippen LogP contribution in [0.1, 0.15) is 16.2 Å². The van der Waals surface area contributed by atoms with Gasteiger partial charge in [-0.3, -0.25) is 0 Å². The fourth-order valence-electron chi connectivity index (χ4n) is 3.23. The number of hydrogen-bond donors (Lipinski definition) is 1. The lowest BCUT2D eigenvalue weighted by molar-refractivity contribution is 0.0601. The highest BCUT2D eigenvalue weighted by Crippen LogP contribution is 2.32. The molecule has 0 aliphatic heterocycles. The minimum absolute atomic E-state index is 0.0639. The van der Waals surface area contributed by atoms with Gasteiger partial charge < -0.3 is 15.0 Å². The Balaban J connectivity index is 2.31. The van der Waals surface area contributed by atoms with Crippen molar-refractivity contribution < 1.29 is 22.3 Å². The van der Waals surface area contributed by atoms with Crippen LogP contribution in [0, 0.1) is 6.92 Å². The number of carbonyl (C=O) groups is 1. The highest BCUT2D eigenvalue weighted by molar-refractivity contribution is 7.90. The number of benzene rings is 2. The quantitative estimate of drug-likeness (QED) is 0.602. The smallest absolute Gasteiger partial charge is 0.337 e. The summed E-state index contributed by atoms with van der Waals surface area (Å²) in [5.74, 6) is -0.460. The summed E-state index contributed by atoms with van der Waals surface area (Å²) in [4.78, 5) is 17.0. The molecule has 3 rings (SSSR count). The molecule has 2 N–H and O–H groups in total. The van der Waals surface area contributed by atoms with Gasteiger partial charge in [-0.1, -0.05) is 12.1 Å². The summed E-state index contributed by atoms with van der Waals surface area (Å²) >= 11 is 0. The topological polar surface area (TPSA) is 104 Å². The first kappa shape index (κ1) is 21.7. The largest absolute Gasteiger partial charge is 0.465 e. The van der Waals surface area contributed by atoms with Crippen molar-refractivity contribution in [3.05, 3.63) is 59.7 Å². The number of allylic oxidation sites excluding steroid dienone is 1. The van der Waals surface area contributed by atoms with Gasteiger partial charge in [-0.25, -0.2) is 22.6 Å². The number of carbonyl (C=O) groups excluding carboxylic acids is 1. The molecule has 0 radical (unpaired) electrons. The molecule has 0 fully saturated rings. The fraction of sp³-hybridized carbons (Fsp3) is 0.238. The number of fused-ring (bicyclic) bond motifs is 1. The second-order valence-corrected chi connectivity index (χ2v) is 8.83. The lowest BCUT2D eigenvalue weighted by atomic mass is 10.0. The molecule has 0 aliphatic rings. The molecule has 9 heteroatoms. The molecule has 0 unspecified atom stereocenters. The molecule has 0 saturated heterocycles. The molecule has 1 heterocycles. The molecule has 7 nitrogen and oxygen atoms in total. The van der Waals surface area contributed by atoms with E-state index < -0.39 is 21.6 Å². The van der Waals surface area contributed by atoms with Gasteiger partial charge >= 0.3 is 5.97 Å². The SMILES string of the molecule is COC(=O)c1cc(-c2cccc(S(C)(=O)=O)c2)c2nc(C)n(C/C(F)=C/CN)c2c1. The van der Waals surface area contributed by atoms with Crippen LogP contribution in [0.15, 0.2) is 53.2 Å². The highest BCUT2D eigenvalue weighted by Gasteiger charge is 2.19. The van der Waals surface area contributed by atoms with E-state index in [9.17, 15) is 17.6 Å². The Morgan fingerprint density at radius 3 is 2.67 bits per heavy atom. The number of esters is 1. The Labute approximate surface area is 173 Å². The molecule has 2 aromatic carbocycles. The molecule has 0 saturated carbocycles. The van der Waals surface area contributed by atoms with Crippen molar-refractivity contribution in [2.45, 2.75) is 18.4 Å². The number of rotatable bonds is 6. The van der Waals surface area contributed by atoms with E-state index in [0.29, 0.717) is 28.0 Å². The highest BCUT2D eigenvalue weighted by atomic mass is 32.2. The molecule has 0 aliphatic carbocycles. The van der Waals surface area contributed by atoms with E-state index in [4.69, 9.17) is 10.5 Å². The van der Waals surface area contributed by atoms with Crippen LogP contribution >= 0.6 is 0 Å². The van der Waals surface area contributed by atoms with Crippen molar-refractivity contribution in [1.29, 1.82) is 0 Å². The van der Waals surface area contributed by atoms with Crippen LogP contribution in [0.3, 0.4) is 0 Å². The zero-order chi connectivity index (χ0) is 22.1. The van der Waals surface area contributed by atoms with Crippen LogP contribution in [0.4, 0.5) is 4.39 Å². The number of aryl methyl sites for hydroxylation is 1. The van der Waals surface area contributed by atoms with E-state index in [-0.39, 0.29) is 23.5 Å². The minimum atomic E-state index is -3.43. The molecule has 0 atom stereocenters. The van der Waals surface area contributed by atoms with Gasteiger partial charge in [0.1, 0.15) is 11.7 Å². The van der Waals surface area contributed by atoms with Gasteiger partial charge in [0.15, 0.2) is 9.84 Å². The van der Waals surface area contributed by atoms with Gasteiger partial charge in [0.2, 0.25) is 0 Å². The summed E-state index contributed by atoms with van der Waals surface area (Å²) < 4.78 is 44.6. The van der Waals surface area contributed by atoms with E-state index in [0.717, 1.165) is 6.26 Å². The molecular weight excluding hydrogens is 409 g/mol. The summed E-state index contributed by atoms with van der Waals surface area (Å²) in [5.41, 5.74) is 7.79. The third-order valence-electron chi connectivity index (χ3n) is 4.69. The van der Waals surface area contributed by atoms with Crippen molar-refractivity contribution in [2.75, 3.05) is 19.9 Å². The number of imidazole rings is 1. The van der Waals surface area contributed by atoms with Crippen LogP contribution in [0.2, 0.25) is 0 Å². The maximum absolute atomic E-state index is 14.2. The normalized spacial score (nSPS) is 12.4. The van der Waals surface area contributed by atoms with Crippen molar-refractivity contribution in [1.82, 2.24) is 9.55 Å². The predicted octanol–water partition coefficient (Wildman–Crippen LogP) is 3.01. The molecule has 30 heavy (non-hydrogen) atoms. The molecule has 158 valence electrons. The van der Waals surface area contributed by atoms with Gasteiger partial charge in [0.05, 0.1) is 35.1 Å². The maximum atomic E-state index is 14.2. The molecule has 0 amide bonds. The van der Waals surface area contributed by atoms with Crippen LogP contribution < -0.4 is 5.73 Å². The van der Waals surface area contributed by atoms with Crippen molar-refractivity contribution in [2.24, 2.45) is 5.73 Å².